The van der Waals surface area contributed by atoms with Crippen molar-refractivity contribution in [2.24, 2.45) is 0 Å². The molecule has 0 amide bonds. The Labute approximate surface area is 152 Å². The number of nitrogens with zero attached hydrogens (tertiary/aromatic N) is 2. The molecule has 2 heterocycles. The van der Waals surface area contributed by atoms with E-state index in [1.807, 2.05) is 37.5 Å². The zero-order chi connectivity index (χ0) is 17.9. The largest absolute Gasteiger partial charge is 0.497 e. The third kappa shape index (κ3) is 3.28. The third-order valence-corrected chi connectivity index (χ3v) is 4.48. The lowest BCUT2D eigenvalue weighted by atomic mass is 10.1. The van der Waals surface area contributed by atoms with Gasteiger partial charge in [0.1, 0.15) is 23.9 Å². The molecule has 2 aromatic carbocycles. The van der Waals surface area contributed by atoms with Crippen LogP contribution in [0.3, 0.4) is 0 Å². The molecule has 1 N–H and O–H groups in total. The van der Waals surface area contributed by atoms with Gasteiger partial charge in [0.15, 0.2) is 0 Å². The molecule has 0 radical (unpaired) electrons. The predicted octanol–water partition coefficient (Wildman–Crippen LogP) is 4.08. The Bertz CT molecular complexity index is 942. The monoisotopic (exact) mass is 347 g/mol. The number of ether oxygens (including phenoxy) is 2. The maximum absolute atomic E-state index is 5.83. The Morgan fingerprint density at radius 3 is 2.77 bits per heavy atom. The number of benzene rings is 2. The minimum Gasteiger partial charge on any atom is -0.497 e. The summed E-state index contributed by atoms with van der Waals surface area (Å²) in [6.07, 6.45) is 5.94. The van der Waals surface area contributed by atoms with E-state index in [1.54, 1.807) is 7.11 Å². The maximum Gasteiger partial charge on any atom is 0.127 e. The predicted molar refractivity (Wildman–Crippen MR) is 103 cm³/mol. The molecular formula is C21H21N3O2. The van der Waals surface area contributed by atoms with Gasteiger partial charge in [0.05, 0.1) is 7.11 Å². The molecule has 5 heteroatoms. The molecular weight excluding hydrogens is 326 g/mol. The third-order valence-electron chi connectivity index (χ3n) is 4.48. The lowest BCUT2D eigenvalue weighted by Gasteiger charge is -2.19. The molecule has 0 saturated heterocycles. The number of nitrogens with one attached hydrogen (secondary N) is 1. The Morgan fingerprint density at radius 2 is 2.04 bits per heavy atom. The van der Waals surface area contributed by atoms with E-state index in [0.717, 1.165) is 40.8 Å². The van der Waals surface area contributed by atoms with Crippen molar-refractivity contribution < 1.29 is 9.47 Å². The van der Waals surface area contributed by atoms with Gasteiger partial charge >= 0.3 is 0 Å². The molecule has 0 spiro atoms. The van der Waals surface area contributed by atoms with E-state index in [1.165, 1.54) is 5.57 Å². The van der Waals surface area contributed by atoms with Gasteiger partial charge in [0, 0.05) is 35.9 Å². The first-order chi connectivity index (χ1) is 12.7. The Balaban J connectivity index is 1.44. The number of methoxy groups -OCH3 is 1. The van der Waals surface area contributed by atoms with Crippen molar-refractivity contribution in [1.29, 1.82) is 0 Å². The molecule has 0 fully saturated rings. The van der Waals surface area contributed by atoms with Crippen LogP contribution < -0.4 is 14.8 Å². The van der Waals surface area contributed by atoms with Crippen LogP contribution in [0.4, 0.5) is 5.69 Å². The van der Waals surface area contributed by atoms with Gasteiger partial charge in [-0.25, -0.2) is 4.98 Å². The van der Waals surface area contributed by atoms with E-state index in [4.69, 9.17) is 9.47 Å². The number of imidazole rings is 1. The zero-order valence-corrected chi connectivity index (χ0v) is 14.9. The highest BCUT2D eigenvalue weighted by molar-refractivity contribution is 5.65. The van der Waals surface area contributed by atoms with Crippen molar-refractivity contribution >= 4 is 11.8 Å². The highest BCUT2D eigenvalue weighted by atomic mass is 16.5. The van der Waals surface area contributed by atoms with Crippen molar-refractivity contribution in [2.75, 3.05) is 25.6 Å². The molecule has 1 aromatic heterocycles. The summed E-state index contributed by atoms with van der Waals surface area (Å²) in [5, 5.41) is 3.46. The first kappa shape index (κ1) is 16.3. The van der Waals surface area contributed by atoms with E-state index < -0.39 is 0 Å². The minimum absolute atomic E-state index is 0.596. The van der Waals surface area contributed by atoms with Gasteiger partial charge in [-0.2, -0.15) is 0 Å². The zero-order valence-electron chi connectivity index (χ0n) is 14.9. The molecule has 132 valence electrons. The van der Waals surface area contributed by atoms with Crippen LogP contribution in [0.25, 0.3) is 11.8 Å². The second-order valence-electron chi connectivity index (χ2n) is 6.24. The fourth-order valence-corrected chi connectivity index (χ4v) is 3.04. The summed E-state index contributed by atoms with van der Waals surface area (Å²) in [6, 6.07) is 14.2. The topological polar surface area (TPSA) is 48.3 Å². The maximum atomic E-state index is 5.83. The molecule has 1 aliphatic heterocycles. The summed E-state index contributed by atoms with van der Waals surface area (Å²) in [7, 11) is 1.67. The molecule has 0 atom stereocenters. The van der Waals surface area contributed by atoms with Gasteiger partial charge in [0.25, 0.3) is 0 Å². The normalized spacial score (nSPS) is 12.8. The van der Waals surface area contributed by atoms with Crippen LogP contribution in [0, 0.1) is 6.92 Å². The second-order valence-corrected chi connectivity index (χ2v) is 6.24. The number of rotatable bonds is 5. The van der Waals surface area contributed by atoms with Crippen molar-refractivity contribution in [1.82, 2.24) is 9.55 Å². The van der Waals surface area contributed by atoms with Gasteiger partial charge in [0.2, 0.25) is 0 Å². The van der Waals surface area contributed by atoms with Gasteiger partial charge in [-0.3, -0.25) is 0 Å². The van der Waals surface area contributed by atoms with Crippen LogP contribution in [0.5, 0.6) is 11.5 Å². The SMILES string of the molecule is COc1ccc2c(c1)C=C(CNc1ccc(-n3ccnc3C)cc1)CO2. The second kappa shape index (κ2) is 6.96. The Hall–Kier alpha value is -3.21. The van der Waals surface area contributed by atoms with Crippen LogP contribution in [-0.2, 0) is 0 Å². The molecule has 26 heavy (non-hydrogen) atoms. The highest BCUT2D eigenvalue weighted by Gasteiger charge is 2.12. The molecule has 4 rings (SSSR count). The van der Waals surface area contributed by atoms with E-state index in [-0.39, 0.29) is 0 Å². The summed E-state index contributed by atoms with van der Waals surface area (Å²) in [4.78, 5) is 4.26. The average molecular weight is 347 g/mol. The molecule has 1 aliphatic rings. The number of anilines is 1. The first-order valence-corrected chi connectivity index (χ1v) is 8.57. The first-order valence-electron chi connectivity index (χ1n) is 8.57. The number of fused-ring (bicyclic) bond motifs is 1. The number of aryl methyl sites for hydroxylation is 1. The van der Waals surface area contributed by atoms with Gasteiger partial charge in [-0.1, -0.05) is 0 Å². The van der Waals surface area contributed by atoms with Gasteiger partial charge in [-0.05, 0) is 61.0 Å². The standard InChI is InChI=1S/C21H21N3O2/c1-15-22-9-10-24(15)19-5-3-18(4-6-19)23-13-16-11-17-12-20(25-2)7-8-21(17)26-14-16/h3-12,23H,13-14H2,1-2H3. The van der Waals surface area contributed by atoms with Crippen LogP contribution in [-0.4, -0.2) is 29.8 Å². The van der Waals surface area contributed by atoms with Crippen LogP contribution in [0.2, 0.25) is 0 Å². The van der Waals surface area contributed by atoms with E-state index in [0.29, 0.717) is 6.61 Å². The Morgan fingerprint density at radius 1 is 1.19 bits per heavy atom. The average Bonchev–Trinajstić information content (AvgIpc) is 3.12. The summed E-state index contributed by atoms with van der Waals surface area (Å²) in [5.74, 6) is 2.71. The number of hydrogen-bond acceptors (Lipinski definition) is 4. The molecule has 0 unspecified atom stereocenters. The fraction of sp³-hybridized carbons (Fsp3) is 0.190. The van der Waals surface area contributed by atoms with Crippen LogP contribution >= 0.6 is 0 Å². The number of hydrogen-bond donors (Lipinski definition) is 1. The lowest BCUT2D eigenvalue weighted by Crippen LogP contribution is -2.14. The minimum atomic E-state index is 0.596. The Kier molecular flexibility index (Phi) is 4.35. The summed E-state index contributed by atoms with van der Waals surface area (Å²) >= 11 is 0. The summed E-state index contributed by atoms with van der Waals surface area (Å²) in [5.41, 5.74) is 4.43. The van der Waals surface area contributed by atoms with Gasteiger partial charge < -0.3 is 19.4 Å². The molecule has 3 aromatic rings. The smallest absolute Gasteiger partial charge is 0.127 e. The lowest BCUT2D eigenvalue weighted by molar-refractivity contribution is 0.344. The highest BCUT2D eigenvalue weighted by Crippen LogP contribution is 2.30. The van der Waals surface area contributed by atoms with Gasteiger partial charge in [-0.15, -0.1) is 0 Å². The van der Waals surface area contributed by atoms with E-state index in [2.05, 4.69) is 45.2 Å². The van der Waals surface area contributed by atoms with E-state index >= 15 is 0 Å². The van der Waals surface area contributed by atoms with Crippen LogP contribution in [0.1, 0.15) is 11.4 Å². The summed E-state index contributed by atoms with van der Waals surface area (Å²) < 4.78 is 13.2. The van der Waals surface area contributed by atoms with E-state index in [9.17, 15) is 0 Å². The van der Waals surface area contributed by atoms with Crippen molar-refractivity contribution in [3.63, 3.8) is 0 Å². The number of aromatic nitrogens is 2. The molecule has 5 nitrogen and oxygen atoms in total. The summed E-state index contributed by atoms with van der Waals surface area (Å²) in [6.45, 7) is 3.33. The quantitative estimate of drug-likeness (QED) is 0.756. The fourth-order valence-electron chi connectivity index (χ4n) is 3.04. The van der Waals surface area contributed by atoms with Crippen molar-refractivity contribution in [3.8, 4) is 17.2 Å². The van der Waals surface area contributed by atoms with Crippen LogP contribution in [0.15, 0.2) is 60.4 Å². The van der Waals surface area contributed by atoms with Crippen molar-refractivity contribution in [3.05, 3.63) is 71.8 Å². The van der Waals surface area contributed by atoms with Crippen molar-refractivity contribution in [2.45, 2.75) is 6.92 Å². The molecule has 0 bridgehead atoms. The molecule has 0 aliphatic carbocycles. The molecule has 0 saturated carbocycles.